The second-order valence-corrected chi connectivity index (χ2v) is 11.0. The summed E-state index contributed by atoms with van der Waals surface area (Å²) in [4.78, 5) is 25.2. The third-order valence-corrected chi connectivity index (χ3v) is 8.14. The fourth-order valence-corrected chi connectivity index (χ4v) is 6.02. The molecule has 0 aliphatic heterocycles. The minimum Gasteiger partial charge on any atom is -0.495 e. The number of rotatable bonds is 8. The molecule has 0 radical (unpaired) electrons. The summed E-state index contributed by atoms with van der Waals surface area (Å²) in [5, 5.41) is 13.1. The number of carboxylic acid groups (broad SMARTS) is 1. The average molecular weight is 514 g/mol. The molecule has 0 fully saturated rings. The SMILES string of the molecule is COc1ccc(C(=O)NC2(C(=O)O)Cc3ccccc3C2)cc1S(=O)(=O)CCc1cccc(Cl)c1. The first-order valence-corrected chi connectivity index (χ1v) is 12.9. The summed E-state index contributed by atoms with van der Waals surface area (Å²) >= 11 is 5.99. The lowest BCUT2D eigenvalue weighted by Gasteiger charge is -2.25. The minimum absolute atomic E-state index is 0.0312. The summed E-state index contributed by atoms with van der Waals surface area (Å²) in [5.41, 5.74) is 0.997. The number of carbonyl (C=O) groups is 2. The highest BCUT2D eigenvalue weighted by atomic mass is 35.5. The van der Waals surface area contributed by atoms with Crippen molar-refractivity contribution in [2.24, 2.45) is 0 Å². The predicted octanol–water partition coefficient (Wildman–Crippen LogP) is 3.72. The van der Waals surface area contributed by atoms with Crippen LogP contribution in [0.5, 0.6) is 5.75 Å². The molecule has 0 saturated carbocycles. The van der Waals surface area contributed by atoms with E-state index in [0.29, 0.717) is 5.02 Å². The van der Waals surface area contributed by atoms with Crippen molar-refractivity contribution < 1.29 is 27.9 Å². The van der Waals surface area contributed by atoms with E-state index >= 15 is 0 Å². The first-order chi connectivity index (χ1) is 16.6. The van der Waals surface area contributed by atoms with E-state index in [2.05, 4.69) is 5.32 Å². The Kier molecular flexibility index (Phi) is 6.87. The van der Waals surface area contributed by atoms with Gasteiger partial charge in [-0.15, -0.1) is 0 Å². The van der Waals surface area contributed by atoms with Crippen molar-refractivity contribution in [3.8, 4) is 5.75 Å². The number of hydrogen-bond acceptors (Lipinski definition) is 5. The Morgan fingerprint density at radius 3 is 2.31 bits per heavy atom. The van der Waals surface area contributed by atoms with Crippen LogP contribution in [0.25, 0.3) is 0 Å². The van der Waals surface area contributed by atoms with Gasteiger partial charge in [-0.05, 0) is 53.4 Å². The van der Waals surface area contributed by atoms with Crippen molar-refractivity contribution in [3.05, 3.63) is 94.0 Å². The zero-order chi connectivity index (χ0) is 25.2. The molecular weight excluding hydrogens is 490 g/mol. The lowest BCUT2D eigenvalue weighted by atomic mass is 9.95. The highest BCUT2D eigenvalue weighted by Gasteiger charge is 2.45. The number of nitrogens with one attached hydrogen (secondary N) is 1. The maximum atomic E-state index is 13.2. The summed E-state index contributed by atoms with van der Waals surface area (Å²) in [7, 11) is -2.49. The molecule has 3 aromatic carbocycles. The molecule has 0 atom stereocenters. The lowest BCUT2D eigenvalue weighted by Crippen LogP contribution is -2.55. The Balaban J connectivity index is 1.59. The standard InChI is InChI=1S/C26H24ClNO6S/c1-34-22-10-9-18(14-23(22)35(32,33)12-11-17-5-4-8-21(27)13-17)24(29)28-26(25(30)31)15-19-6-2-3-7-20(19)16-26/h2-10,13-14H,11-12,15-16H2,1H3,(H,28,29)(H,30,31). The molecule has 182 valence electrons. The van der Waals surface area contributed by atoms with Crippen LogP contribution in [0.1, 0.15) is 27.0 Å². The molecule has 0 spiro atoms. The van der Waals surface area contributed by atoms with Crippen LogP contribution < -0.4 is 10.1 Å². The number of halogens is 1. The van der Waals surface area contributed by atoms with Gasteiger partial charge in [0, 0.05) is 23.4 Å². The molecule has 9 heteroatoms. The van der Waals surface area contributed by atoms with E-state index in [1.807, 2.05) is 24.3 Å². The number of aryl methyl sites for hydroxylation is 1. The van der Waals surface area contributed by atoms with Gasteiger partial charge in [0.1, 0.15) is 16.2 Å². The van der Waals surface area contributed by atoms with Gasteiger partial charge in [-0.1, -0.05) is 48.0 Å². The van der Waals surface area contributed by atoms with Crippen LogP contribution in [0, 0.1) is 0 Å². The van der Waals surface area contributed by atoms with Gasteiger partial charge in [-0.3, -0.25) is 4.79 Å². The van der Waals surface area contributed by atoms with E-state index in [-0.39, 0.29) is 41.2 Å². The molecule has 0 bridgehead atoms. The molecule has 0 heterocycles. The Morgan fingerprint density at radius 2 is 1.71 bits per heavy atom. The van der Waals surface area contributed by atoms with Gasteiger partial charge in [0.05, 0.1) is 12.9 Å². The van der Waals surface area contributed by atoms with Crippen molar-refractivity contribution >= 4 is 33.3 Å². The number of methoxy groups -OCH3 is 1. The normalized spacial score (nSPS) is 14.2. The molecule has 1 aliphatic rings. The number of sulfone groups is 1. The van der Waals surface area contributed by atoms with E-state index in [1.165, 1.54) is 25.3 Å². The highest BCUT2D eigenvalue weighted by Crippen LogP contribution is 2.32. The van der Waals surface area contributed by atoms with E-state index in [0.717, 1.165) is 16.7 Å². The third-order valence-electron chi connectivity index (χ3n) is 6.17. The summed E-state index contributed by atoms with van der Waals surface area (Å²) in [5.74, 6) is -1.93. The minimum atomic E-state index is -3.84. The first kappa shape index (κ1) is 24.8. The maximum absolute atomic E-state index is 13.2. The van der Waals surface area contributed by atoms with E-state index in [4.69, 9.17) is 16.3 Å². The predicted molar refractivity (Wildman–Crippen MR) is 132 cm³/mol. The van der Waals surface area contributed by atoms with E-state index in [1.54, 1.807) is 24.3 Å². The number of benzene rings is 3. The molecule has 4 rings (SSSR count). The number of aliphatic carboxylic acids is 1. The molecule has 35 heavy (non-hydrogen) atoms. The highest BCUT2D eigenvalue weighted by molar-refractivity contribution is 7.91. The van der Waals surface area contributed by atoms with Gasteiger partial charge in [-0.25, -0.2) is 13.2 Å². The molecule has 0 aromatic heterocycles. The zero-order valence-corrected chi connectivity index (χ0v) is 20.5. The second kappa shape index (κ2) is 9.71. The van der Waals surface area contributed by atoms with Crippen LogP contribution >= 0.6 is 11.6 Å². The van der Waals surface area contributed by atoms with Crippen molar-refractivity contribution in [3.63, 3.8) is 0 Å². The van der Waals surface area contributed by atoms with Crippen molar-refractivity contribution in [2.75, 3.05) is 12.9 Å². The Hall–Kier alpha value is -3.36. The monoisotopic (exact) mass is 513 g/mol. The van der Waals surface area contributed by atoms with Gasteiger partial charge in [0.15, 0.2) is 9.84 Å². The number of carboxylic acids is 1. The fourth-order valence-electron chi connectivity index (χ4n) is 4.31. The smallest absolute Gasteiger partial charge is 0.330 e. The summed E-state index contributed by atoms with van der Waals surface area (Å²) in [6.45, 7) is 0. The fraction of sp³-hybridized carbons (Fsp3) is 0.231. The van der Waals surface area contributed by atoms with Crippen LogP contribution in [0.3, 0.4) is 0 Å². The molecule has 2 N–H and O–H groups in total. The van der Waals surface area contributed by atoms with Crippen LogP contribution in [0.4, 0.5) is 0 Å². The first-order valence-electron chi connectivity index (χ1n) is 10.9. The largest absolute Gasteiger partial charge is 0.495 e. The summed E-state index contributed by atoms with van der Waals surface area (Å²) < 4.78 is 31.6. The molecule has 0 unspecified atom stereocenters. The van der Waals surface area contributed by atoms with Crippen molar-refractivity contribution in [1.82, 2.24) is 5.32 Å². The van der Waals surface area contributed by atoms with Crippen molar-refractivity contribution in [1.29, 1.82) is 0 Å². The van der Waals surface area contributed by atoms with Gasteiger partial charge in [0.2, 0.25) is 0 Å². The maximum Gasteiger partial charge on any atom is 0.330 e. The number of fused-ring (bicyclic) bond motifs is 1. The average Bonchev–Trinajstić information content (AvgIpc) is 3.22. The zero-order valence-electron chi connectivity index (χ0n) is 19.0. The molecule has 1 amide bonds. The number of amides is 1. The third kappa shape index (κ3) is 5.18. The molecule has 1 aliphatic carbocycles. The summed E-state index contributed by atoms with van der Waals surface area (Å²) in [6, 6.07) is 18.3. The van der Waals surface area contributed by atoms with E-state index in [9.17, 15) is 23.1 Å². The quantitative estimate of drug-likeness (QED) is 0.475. The van der Waals surface area contributed by atoms with Crippen LogP contribution in [-0.2, 0) is 33.9 Å². The molecule has 3 aromatic rings. The Labute approximate surface area is 208 Å². The Bertz CT molecular complexity index is 1380. The number of carbonyl (C=O) groups excluding carboxylic acids is 1. The Morgan fingerprint density at radius 1 is 1.03 bits per heavy atom. The summed E-state index contributed by atoms with van der Waals surface area (Å²) in [6.07, 6.45) is 0.513. The van der Waals surface area contributed by atoms with Crippen LogP contribution in [0.2, 0.25) is 5.02 Å². The van der Waals surface area contributed by atoms with E-state index < -0.39 is 27.3 Å². The van der Waals surface area contributed by atoms with Gasteiger partial charge < -0.3 is 15.2 Å². The molecular formula is C26H24ClNO6S. The topological polar surface area (TPSA) is 110 Å². The van der Waals surface area contributed by atoms with Gasteiger partial charge >= 0.3 is 5.97 Å². The number of ether oxygens (including phenoxy) is 1. The van der Waals surface area contributed by atoms with Gasteiger partial charge in [0.25, 0.3) is 5.91 Å². The van der Waals surface area contributed by atoms with Crippen LogP contribution in [0.15, 0.2) is 71.6 Å². The molecule has 7 nitrogen and oxygen atoms in total. The van der Waals surface area contributed by atoms with Crippen LogP contribution in [-0.4, -0.2) is 43.8 Å². The second-order valence-electron chi connectivity index (χ2n) is 8.53. The lowest BCUT2D eigenvalue weighted by molar-refractivity contribution is -0.144. The number of hydrogen-bond donors (Lipinski definition) is 2. The molecule has 0 saturated heterocycles. The van der Waals surface area contributed by atoms with Crippen molar-refractivity contribution in [2.45, 2.75) is 29.7 Å². The van der Waals surface area contributed by atoms with Gasteiger partial charge in [-0.2, -0.15) is 0 Å².